The number of anilines is 2. The SMILES string of the molecule is O=C(O)CC1c2cc(F)cc(F)c2N=C(N2CCN(c3ccc(F)cc3)CC2)N1c1cccc(C(F)(F)F)c1. The number of aliphatic carboxylic acids is 1. The van der Waals surface area contributed by atoms with Crippen LogP contribution in [-0.4, -0.2) is 48.1 Å². The maximum Gasteiger partial charge on any atom is 0.416 e. The van der Waals surface area contributed by atoms with Gasteiger partial charge in [-0.2, -0.15) is 13.2 Å². The summed E-state index contributed by atoms with van der Waals surface area (Å²) in [5.41, 5.74) is -0.563. The van der Waals surface area contributed by atoms with Gasteiger partial charge in [-0.15, -0.1) is 0 Å². The largest absolute Gasteiger partial charge is 0.481 e. The lowest BCUT2D eigenvalue weighted by atomic mass is 9.96. The van der Waals surface area contributed by atoms with Crippen LogP contribution in [-0.2, 0) is 11.0 Å². The van der Waals surface area contributed by atoms with E-state index in [4.69, 9.17) is 0 Å². The van der Waals surface area contributed by atoms with Gasteiger partial charge < -0.3 is 19.8 Å². The van der Waals surface area contributed by atoms with Crippen molar-refractivity contribution in [3.8, 4) is 0 Å². The standard InChI is InChI=1S/C27H22F6N4O2/c28-17-4-6-19(7-5-17)35-8-10-36(11-9-35)26-34-25-21(13-18(29)14-22(25)30)23(15-24(38)39)37(26)20-3-1-2-16(12-20)27(31,32)33/h1-7,12-14,23H,8-11,15H2,(H,38,39). The normalized spacial score (nSPS) is 17.6. The number of carbonyl (C=O) groups is 1. The van der Waals surface area contributed by atoms with Crippen LogP contribution < -0.4 is 9.80 Å². The number of carboxylic acid groups (broad SMARTS) is 1. The number of piperazine rings is 1. The van der Waals surface area contributed by atoms with Crippen molar-refractivity contribution in [3.63, 3.8) is 0 Å². The Morgan fingerprint density at radius 1 is 0.872 bits per heavy atom. The first kappa shape index (κ1) is 26.4. The fraction of sp³-hybridized carbons (Fsp3) is 0.259. The summed E-state index contributed by atoms with van der Waals surface area (Å²) in [4.78, 5) is 21.3. The Morgan fingerprint density at radius 2 is 1.54 bits per heavy atom. The van der Waals surface area contributed by atoms with Gasteiger partial charge in [0.05, 0.1) is 18.0 Å². The molecule has 0 amide bonds. The van der Waals surface area contributed by atoms with Crippen LogP contribution in [0.3, 0.4) is 0 Å². The Bertz CT molecular complexity index is 1420. The molecule has 0 aliphatic carbocycles. The molecule has 0 radical (unpaired) electrons. The van der Waals surface area contributed by atoms with Crippen LogP contribution in [0.2, 0.25) is 0 Å². The molecule has 1 atom stereocenters. The van der Waals surface area contributed by atoms with Crippen molar-refractivity contribution in [3.05, 3.63) is 89.2 Å². The molecule has 2 heterocycles. The van der Waals surface area contributed by atoms with E-state index in [2.05, 4.69) is 4.99 Å². The molecule has 39 heavy (non-hydrogen) atoms. The molecule has 12 heteroatoms. The third-order valence-corrected chi connectivity index (χ3v) is 6.73. The van der Waals surface area contributed by atoms with E-state index in [1.165, 1.54) is 29.2 Å². The van der Waals surface area contributed by atoms with Crippen LogP contribution in [0.4, 0.5) is 43.4 Å². The zero-order valence-electron chi connectivity index (χ0n) is 20.3. The lowest BCUT2D eigenvalue weighted by molar-refractivity contribution is -0.138. The average Bonchev–Trinajstić information content (AvgIpc) is 2.89. The molecule has 0 aromatic heterocycles. The zero-order valence-corrected chi connectivity index (χ0v) is 20.3. The first-order valence-corrected chi connectivity index (χ1v) is 12.0. The van der Waals surface area contributed by atoms with Crippen LogP contribution in [0.15, 0.2) is 65.7 Å². The van der Waals surface area contributed by atoms with Gasteiger partial charge in [-0.1, -0.05) is 6.07 Å². The summed E-state index contributed by atoms with van der Waals surface area (Å²) in [6.07, 6.45) is -5.33. The number of guanidine groups is 1. The number of fused-ring (bicyclic) bond motifs is 1. The van der Waals surface area contributed by atoms with Gasteiger partial charge in [-0.25, -0.2) is 18.2 Å². The zero-order chi connectivity index (χ0) is 27.9. The van der Waals surface area contributed by atoms with Gasteiger partial charge in [0.2, 0.25) is 5.96 Å². The van der Waals surface area contributed by atoms with Crippen LogP contribution in [0.1, 0.15) is 23.6 Å². The summed E-state index contributed by atoms with van der Waals surface area (Å²) in [6, 6.07) is 10.6. The molecule has 6 nitrogen and oxygen atoms in total. The second-order valence-electron chi connectivity index (χ2n) is 9.22. The summed E-state index contributed by atoms with van der Waals surface area (Å²) < 4.78 is 83.3. The first-order valence-electron chi connectivity index (χ1n) is 12.0. The topological polar surface area (TPSA) is 59.4 Å². The minimum Gasteiger partial charge on any atom is -0.481 e. The van der Waals surface area contributed by atoms with Crippen molar-refractivity contribution in [2.45, 2.75) is 18.6 Å². The van der Waals surface area contributed by atoms with Gasteiger partial charge in [-0.05, 0) is 48.5 Å². The van der Waals surface area contributed by atoms with E-state index in [9.17, 15) is 36.2 Å². The smallest absolute Gasteiger partial charge is 0.416 e. The Kier molecular flexibility index (Phi) is 6.87. The van der Waals surface area contributed by atoms with Crippen molar-refractivity contribution in [2.24, 2.45) is 4.99 Å². The predicted molar refractivity (Wildman–Crippen MR) is 133 cm³/mol. The van der Waals surface area contributed by atoms with Gasteiger partial charge in [0.15, 0.2) is 5.82 Å². The quantitative estimate of drug-likeness (QED) is 0.408. The molecule has 0 spiro atoms. The van der Waals surface area contributed by atoms with E-state index in [1.807, 2.05) is 4.90 Å². The molecular formula is C27H22F6N4O2. The number of carboxylic acids is 1. The number of nitrogens with zero attached hydrogens (tertiary/aromatic N) is 4. The molecule has 1 saturated heterocycles. The number of hydrogen-bond donors (Lipinski definition) is 1. The van der Waals surface area contributed by atoms with Crippen LogP contribution in [0, 0.1) is 17.5 Å². The molecule has 3 aromatic rings. The molecular weight excluding hydrogens is 526 g/mol. The fourth-order valence-corrected chi connectivity index (χ4v) is 4.92. The van der Waals surface area contributed by atoms with Crippen molar-refractivity contribution in [2.75, 3.05) is 36.0 Å². The van der Waals surface area contributed by atoms with Crippen LogP contribution in [0.5, 0.6) is 0 Å². The second-order valence-corrected chi connectivity index (χ2v) is 9.22. The fourth-order valence-electron chi connectivity index (χ4n) is 4.92. The summed E-state index contributed by atoms with van der Waals surface area (Å²) in [7, 11) is 0. The third-order valence-electron chi connectivity index (χ3n) is 6.73. The van der Waals surface area contributed by atoms with E-state index in [-0.39, 0.29) is 28.7 Å². The minimum atomic E-state index is -4.68. The molecule has 0 saturated carbocycles. The minimum absolute atomic E-state index is 0.0221. The van der Waals surface area contributed by atoms with Gasteiger partial charge >= 0.3 is 12.1 Å². The summed E-state index contributed by atoms with van der Waals surface area (Å²) in [6.45, 7) is 1.43. The number of alkyl halides is 3. The lowest BCUT2D eigenvalue weighted by Gasteiger charge is -2.45. The summed E-state index contributed by atoms with van der Waals surface area (Å²) in [5, 5.41) is 9.67. The van der Waals surface area contributed by atoms with E-state index < -0.39 is 41.8 Å². The summed E-state index contributed by atoms with van der Waals surface area (Å²) in [5.74, 6) is -3.61. The first-order chi connectivity index (χ1) is 18.5. The highest BCUT2D eigenvalue weighted by atomic mass is 19.4. The van der Waals surface area contributed by atoms with E-state index in [0.717, 1.165) is 23.9 Å². The molecule has 5 rings (SSSR count). The number of rotatable bonds is 4. The molecule has 3 aromatic carbocycles. The summed E-state index contributed by atoms with van der Waals surface area (Å²) >= 11 is 0. The van der Waals surface area contributed by atoms with E-state index in [0.29, 0.717) is 32.2 Å². The molecule has 204 valence electrons. The molecule has 2 aliphatic heterocycles. The molecule has 0 bridgehead atoms. The molecule has 1 unspecified atom stereocenters. The number of aliphatic imine (C=N–C) groups is 1. The van der Waals surface area contributed by atoms with Crippen LogP contribution >= 0.6 is 0 Å². The highest BCUT2D eigenvalue weighted by Gasteiger charge is 2.39. The van der Waals surface area contributed by atoms with Crippen molar-refractivity contribution in [1.29, 1.82) is 0 Å². The highest BCUT2D eigenvalue weighted by molar-refractivity contribution is 6.01. The second kappa shape index (κ2) is 10.2. The number of halogens is 6. The van der Waals surface area contributed by atoms with Crippen molar-refractivity contribution >= 4 is 29.0 Å². The van der Waals surface area contributed by atoms with Gasteiger partial charge in [0, 0.05) is 49.2 Å². The Hall–Kier alpha value is -4.22. The Balaban J connectivity index is 1.58. The number of hydrogen-bond acceptors (Lipinski definition) is 5. The maximum atomic E-state index is 14.9. The monoisotopic (exact) mass is 548 g/mol. The van der Waals surface area contributed by atoms with Gasteiger partial charge in [0.1, 0.15) is 17.3 Å². The Morgan fingerprint density at radius 3 is 2.18 bits per heavy atom. The van der Waals surface area contributed by atoms with E-state index in [1.54, 1.807) is 17.0 Å². The van der Waals surface area contributed by atoms with E-state index >= 15 is 0 Å². The third kappa shape index (κ3) is 5.36. The lowest BCUT2D eigenvalue weighted by Crippen LogP contribution is -2.55. The molecule has 1 N–H and O–H groups in total. The van der Waals surface area contributed by atoms with Crippen molar-refractivity contribution < 1.29 is 36.2 Å². The van der Waals surface area contributed by atoms with Gasteiger partial charge in [0.25, 0.3) is 0 Å². The Labute approximate surface area is 219 Å². The number of benzene rings is 3. The van der Waals surface area contributed by atoms with Crippen LogP contribution in [0.25, 0.3) is 0 Å². The predicted octanol–water partition coefficient (Wildman–Crippen LogP) is 5.97. The maximum absolute atomic E-state index is 14.9. The average molecular weight is 548 g/mol. The van der Waals surface area contributed by atoms with Crippen molar-refractivity contribution in [1.82, 2.24) is 4.90 Å². The van der Waals surface area contributed by atoms with Gasteiger partial charge in [-0.3, -0.25) is 4.79 Å². The highest BCUT2D eigenvalue weighted by Crippen LogP contribution is 2.43. The molecule has 1 fully saturated rings. The molecule has 2 aliphatic rings.